The van der Waals surface area contributed by atoms with E-state index in [0.29, 0.717) is 10.6 Å². The molecule has 2 heterocycles. The Bertz CT molecular complexity index is 633. The summed E-state index contributed by atoms with van der Waals surface area (Å²) in [6.45, 7) is 1.66. The fourth-order valence-electron chi connectivity index (χ4n) is 1.33. The van der Waals surface area contributed by atoms with Gasteiger partial charge in [0, 0.05) is 16.0 Å². The molecule has 0 saturated heterocycles. The minimum Gasteiger partial charge on any atom is -0.391 e. The Balaban J connectivity index is 2.24. The molecule has 2 aromatic rings. The number of thiophene rings is 1. The second-order valence-corrected chi connectivity index (χ2v) is 6.38. The molecule has 0 amide bonds. The van der Waals surface area contributed by atoms with Gasteiger partial charge in [0.25, 0.3) is 10.0 Å². The molecule has 0 aliphatic rings. The second-order valence-electron chi connectivity index (χ2n) is 3.70. The predicted molar refractivity (Wildman–Crippen MR) is 70.0 cm³/mol. The lowest BCUT2D eigenvalue weighted by atomic mass is 10.4. The molecular formula is C11H12N2O3S2. The molecule has 0 unspecified atom stereocenters. The van der Waals surface area contributed by atoms with E-state index in [4.69, 9.17) is 5.11 Å². The van der Waals surface area contributed by atoms with E-state index >= 15 is 0 Å². The zero-order valence-corrected chi connectivity index (χ0v) is 11.3. The molecule has 0 fully saturated rings. The molecule has 96 valence electrons. The minimum atomic E-state index is -3.61. The first-order valence-corrected chi connectivity index (χ1v) is 7.51. The van der Waals surface area contributed by atoms with Gasteiger partial charge in [-0.25, -0.2) is 8.42 Å². The highest BCUT2D eigenvalue weighted by Crippen LogP contribution is 2.21. The summed E-state index contributed by atoms with van der Waals surface area (Å²) in [5.74, 6) is 0. The third kappa shape index (κ3) is 2.87. The van der Waals surface area contributed by atoms with Crippen LogP contribution in [-0.4, -0.2) is 18.5 Å². The van der Waals surface area contributed by atoms with Crippen molar-refractivity contribution in [3.05, 3.63) is 40.3 Å². The molecular weight excluding hydrogens is 272 g/mol. The highest BCUT2D eigenvalue weighted by atomic mass is 32.2. The number of sulfonamides is 1. The Morgan fingerprint density at radius 3 is 2.78 bits per heavy atom. The van der Waals surface area contributed by atoms with Gasteiger partial charge >= 0.3 is 0 Å². The van der Waals surface area contributed by atoms with Crippen molar-refractivity contribution in [2.24, 2.45) is 0 Å². The number of aromatic nitrogens is 1. The summed E-state index contributed by atoms with van der Waals surface area (Å²) < 4.78 is 26.4. The van der Waals surface area contributed by atoms with E-state index in [2.05, 4.69) is 9.71 Å². The minimum absolute atomic E-state index is 0.150. The number of aliphatic hydroxyl groups excluding tert-OH is 1. The van der Waals surface area contributed by atoms with E-state index in [1.165, 1.54) is 29.0 Å². The van der Waals surface area contributed by atoms with Crippen LogP contribution in [0.5, 0.6) is 0 Å². The molecule has 0 aromatic carbocycles. The molecule has 5 nitrogen and oxygen atoms in total. The highest BCUT2D eigenvalue weighted by Gasteiger charge is 2.16. The summed E-state index contributed by atoms with van der Waals surface area (Å²) in [5.41, 5.74) is 1.23. The molecule has 0 aliphatic heterocycles. The molecule has 0 saturated carbocycles. The molecule has 0 radical (unpaired) electrons. The number of nitrogens with zero attached hydrogens (tertiary/aromatic N) is 1. The number of nitrogens with one attached hydrogen (secondary N) is 1. The number of aryl methyl sites for hydroxylation is 1. The number of anilines is 1. The number of pyridine rings is 1. The Kier molecular flexibility index (Phi) is 3.65. The Morgan fingerprint density at radius 1 is 1.44 bits per heavy atom. The van der Waals surface area contributed by atoms with Crippen molar-refractivity contribution < 1.29 is 13.5 Å². The monoisotopic (exact) mass is 284 g/mol. The van der Waals surface area contributed by atoms with Gasteiger partial charge in [-0.15, -0.1) is 11.3 Å². The normalized spacial score (nSPS) is 11.4. The molecule has 0 aliphatic carbocycles. The number of hydrogen-bond acceptors (Lipinski definition) is 5. The lowest BCUT2D eigenvalue weighted by Gasteiger charge is -2.05. The first-order valence-electron chi connectivity index (χ1n) is 5.15. The van der Waals surface area contributed by atoms with Crippen LogP contribution >= 0.6 is 11.3 Å². The van der Waals surface area contributed by atoms with Gasteiger partial charge in [0.1, 0.15) is 0 Å². The topological polar surface area (TPSA) is 79.3 Å². The van der Waals surface area contributed by atoms with E-state index in [9.17, 15) is 8.42 Å². The molecule has 7 heteroatoms. The van der Waals surface area contributed by atoms with Crippen molar-refractivity contribution in [2.45, 2.75) is 18.4 Å². The first kappa shape index (κ1) is 13.0. The van der Waals surface area contributed by atoms with Crippen LogP contribution in [0.4, 0.5) is 5.69 Å². The van der Waals surface area contributed by atoms with Gasteiger partial charge in [0.15, 0.2) is 0 Å². The summed E-state index contributed by atoms with van der Waals surface area (Å²) in [6.07, 6.45) is 1.46. The van der Waals surface area contributed by atoms with Gasteiger partial charge < -0.3 is 5.11 Å². The van der Waals surface area contributed by atoms with Crippen molar-refractivity contribution >= 4 is 27.0 Å². The van der Waals surface area contributed by atoms with Crippen LogP contribution in [0.2, 0.25) is 0 Å². The lowest BCUT2D eigenvalue weighted by Crippen LogP contribution is -2.12. The standard InChI is InChI=1S/C11H12N2O3S2/c1-8-2-3-9(5-12-8)13-18(15,16)11-4-10(6-14)17-7-11/h2-5,7,13-14H,6H2,1H3. The van der Waals surface area contributed by atoms with Gasteiger partial charge in [-0.3, -0.25) is 9.71 Å². The largest absolute Gasteiger partial charge is 0.391 e. The quantitative estimate of drug-likeness (QED) is 0.896. The Hall–Kier alpha value is -1.44. The SMILES string of the molecule is Cc1ccc(NS(=O)(=O)c2csc(CO)c2)cn1. The van der Waals surface area contributed by atoms with E-state index in [1.54, 1.807) is 12.1 Å². The van der Waals surface area contributed by atoms with Crippen LogP contribution in [-0.2, 0) is 16.6 Å². The van der Waals surface area contributed by atoms with E-state index in [-0.39, 0.29) is 11.5 Å². The zero-order chi connectivity index (χ0) is 13.2. The smallest absolute Gasteiger partial charge is 0.262 e. The summed E-state index contributed by atoms with van der Waals surface area (Å²) in [7, 11) is -3.61. The third-order valence-electron chi connectivity index (χ3n) is 2.26. The number of rotatable bonds is 4. The highest BCUT2D eigenvalue weighted by molar-refractivity contribution is 7.92. The molecule has 2 aromatic heterocycles. The number of hydrogen-bond donors (Lipinski definition) is 2. The van der Waals surface area contributed by atoms with E-state index in [0.717, 1.165) is 5.69 Å². The maximum atomic E-state index is 12.0. The van der Waals surface area contributed by atoms with Crippen molar-refractivity contribution in [3.8, 4) is 0 Å². The van der Waals surface area contributed by atoms with Gasteiger partial charge in [-0.05, 0) is 25.1 Å². The van der Waals surface area contributed by atoms with Gasteiger partial charge in [-0.1, -0.05) is 0 Å². The summed E-state index contributed by atoms with van der Waals surface area (Å²) in [6, 6.07) is 4.83. The Labute approximate surface area is 109 Å². The van der Waals surface area contributed by atoms with Crippen molar-refractivity contribution in [2.75, 3.05) is 4.72 Å². The van der Waals surface area contributed by atoms with Crippen LogP contribution in [0.3, 0.4) is 0 Å². The number of aliphatic hydroxyl groups is 1. The summed E-state index contributed by atoms with van der Waals surface area (Å²) >= 11 is 1.20. The van der Waals surface area contributed by atoms with Crippen LogP contribution in [0.1, 0.15) is 10.6 Å². The van der Waals surface area contributed by atoms with Crippen molar-refractivity contribution in [1.82, 2.24) is 4.98 Å². The van der Waals surface area contributed by atoms with Crippen LogP contribution in [0.25, 0.3) is 0 Å². The van der Waals surface area contributed by atoms with Gasteiger partial charge in [-0.2, -0.15) is 0 Å². The molecule has 2 N–H and O–H groups in total. The second kappa shape index (κ2) is 5.05. The van der Waals surface area contributed by atoms with Crippen molar-refractivity contribution in [3.63, 3.8) is 0 Å². The lowest BCUT2D eigenvalue weighted by molar-refractivity contribution is 0.285. The fraction of sp³-hybridized carbons (Fsp3) is 0.182. The predicted octanol–water partition coefficient (Wildman–Crippen LogP) is 1.74. The van der Waals surface area contributed by atoms with Gasteiger partial charge in [0.2, 0.25) is 0 Å². The molecule has 0 atom stereocenters. The third-order valence-corrected chi connectivity index (χ3v) is 4.69. The maximum Gasteiger partial charge on any atom is 0.262 e. The maximum absolute atomic E-state index is 12.0. The van der Waals surface area contributed by atoms with Crippen molar-refractivity contribution in [1.29, 1.82) is 0 Å². The molecule has 18 heavy (non-hydrogen) atoms. The average molecular weight is 284 g/mol. The summed E-state index contributed by atoms with van der Waals surface area (Å²) in [4.78, 5) is 4.77. The van der Waals surface area contributed by atoms with Crippen LogP contribution < -0.4 is 4.72 Å². The van der Waals surface area contributed by atoms with Gasteiger partial charge in [0.05, 0.1) is 23.4 Å². The fourth-order valence-corrected chi connectivity index (χ4v) is 3.50. The molecule has 0 bridgehead atoms. The van der Waals surface area contributed by atoms with Crippen LogP contribution in [0, 0.1) is 6.92 Å². The van der Waals surface area contributed by atoms with E-state index < -0.39 is 10.0 Å². The van der Waals surface area contributed by atoms with Crippen LogP contribution in [0.15, 0.2) is 34.7 Å². The molecule has 0 spiro atoms. The van der Waals surface area contributed by atoms with E-state index in [1.807, 2.05) is 6.92 Å². The molecule has 2 rings (SSSR count). The average Bonchev–Trinajstić information content (AvgIpc) is 2.81. The summed E-state index contributed by atoms with van der Waals surface area (Å²) in [5, 5.41) is 10.4. The Morgan fingerprint density at radius 2 is 2.22 bits per heavy atom. The first-order chi connectivity index (χ1) is 8.51. The zero-order valence-electron chi connectivity index (χ0n) is 9.62.